The number of benzene rings is 1. The molecule has 0 aliphatic carbocycles. The fourth-order valence-corrected chi connectivity index (χ4v) is 2.97. The molecular formula is C16H24ClNO. The third-order valence-electron chi connectivity index (χ3n) is 3.77. The predicted molar refractivity (Wildman–Crippen MR) is 80.7 cm³/mol. The van der Waals surface area contributed by atoms with Crippen LogP contribution in [0.2, 0.25) is 5.02 Å². The number of rotatable bonds is 4. The Hall–Kier alpha value is -0.570. The van der Waals surface area contributed by atoms with Gasteiger partial charge in [-0.1, -0.05) is 31.5 Å². The van der Waals surface area contributed by atoms with Gasteiger partial charge in [0.1, 0.15) is 0 Å². The highest BCUT2D eigenvalue weighted by Crippen LogP contribution is 2.35. The quantitative estimate of drug-likeness (QED) is 0.897. The molecule has 1 fully saturated rings. The van der Waals surface area contributed by atoms with Crippen LogP contribution in [-0.4, -0.2) is 19.2 Å². The predicted octanol–water partition coefficient (Wildman–Crippen LogP) is 4.11. The van der Waals surface area contributed by atoms with Crippen LogP contribution in [-0.2, 0) is 4.74 Å². The fourth-order valence-electron chi connectivity index (χ4n) is 2.74. The van der Waals surface area contributed by atoms with Gasteiger partial charge in [-0.3, -0.25) is 0 Å². The van der Waals surface area contributed by atoms with E-state index in [-0.39, 0.29) is 6.10 Å². The third kappa shape index (κ3) is 3.95. The minimum Gasteiger partial charge on any atom is -0.373 e. The van der Waals surface area contributed by atoms with Crippen LogP contribution in [0.15, 0.2) is 18.2 Å². The molecule has 1 aliphatic heterocycles. The Kier molecular flexibility index (Phi) is 5.26. The molecule has 0 bridgehead atoms. The van der Waals surface area contributed by atoms with Gasteiger partial charge in [0, 0.05) is 30.1 Å². The second-order valence-electron chi connectivity index (χ2n) is 5.76. The van der Waals surface area contributed by atoms with Crippen LogP contribution in [0.3, 0.4) is 0 Å². The average Bonchev–Trinajstić information content (AvgIpc) is 2.37. The first-order valence-electron chi connectivity index (χ1n) is 7.19. The molecule has 0 radical (unpaired) electrons. The number of aryl methyl sites for hydroxylation is 1. The molecule has 1 aromatic rings. The van der Waals surface area contributed by atoms with E-state index in [4.69, 9.17) is 16.3 Å². The van der Waals surface area contributed by atoms with Gasteiger partial charge in [-0.25, -0.2) is 0 Å². The molecule has 3 heteroatoms. The average molecular weight is 282 g/mol. The summed E-state index contributed by atoms with van der Waals surface area (Å²) in [5.41, 5.74) is 2.52. The summed E-state index contributed by atoms with van der Waals surface area (Å²) < 4.78 is 6.05. The van der Waals surface area contributed by atoms with Crippen molar-refractivity contribution < 1.29 is 4.74 Å². The van der Waals surface area contributed by atoms with E-state index in [1.807, 2.05) is 12.1 Å². The van der Waals surface area contributed by atoms with Crippen LogP contribution in [0.25, 0.3) is 0 Å². The molecule has 0 aromatic heterocycles. The highest BCUT2D eigenvalue weighted by atomic mass is 35.5. The van der Waals surface area contributed by atoms with Crippen molar-refractivity contribution in [3.8, 4) is 0 Å². The molecule has 1 aromatic carbocycles. The Bertz CT molecular complexity index is 419. The molecule has 1 aliphatic rings. The van der Waals surface area contributed by atoms with Crippen molar-refractivity contribution in [2.75, 3.05) is 13.2 Å². The SMILES string of the molecule is Cc1cc(Cl)ccc1C1OCCCC1CNC(C)C. The van der Waals surface area contributed by atoms with Gasteiger partial charge in [0.2, 0.25) is 0 Å². The molecule has 2 atom stereocenters. The molecule has 1 N–H and O–H groups in total. The minimum atomic E-state index is 0.206. The van der Waals surface area contributed by atoms with E-state index in [0.29, 0.717) is 12.0 Å². The van der Waals surface area contributed by atoms with Gasteiger partial charge < -0.3 is 10.1 Å². The first-order valence-corrected chi connectivity index (χ1v) is 7.56. The molecule has 1 heterocycles. The van der Waals surface area contributed by atoms with Crippen molar-refractivity contribution >= 4 is 11.6 Å². The molecule has 0 saturated carbocycles. The van der Waals surface area contributed by atoms with E-state index in [1.165, 1.54) is 17.5 Å². The zero-order chi connectivity index (χ0) is 13.8. The van der Waals surface area contributed by atoms with E-state index in [9.17, 15) is 0 Å². The summed E-state index contributed by atoms with van der Waals surface area (Å²) in [5.74, 6) is 0.552. The molecule has 0 amide bonds. The normalized spacial score (nSPS) is 23.8. The second kappa shape index (κ2) is 6.74. The van der Waals surface area contributed by atoms with Crippen LogP contribution >= 0.6 is 11.6 Å². The van der Waals surface area contributed by atoms with Gasteiger partial charge in [-0.15, -0.1) is 0 Å². The zero-order valence-electron chi connectivity index (χ0n) is 12.1. The van der Waals surface area contributed by atoms with E-state index < -0.39 is 0 Å². The summed E-state index contributed by atoms with van der Waals surface area (Å²) in [6.07, 6.45) is 2.59. The topological polar surface area (TPSA) is 21.3 Å². The number of hydrogen-bond acceptors (Lipinski definition) is 2. The van der Waals surface area contributed by atoms with Crippen molar-refractivity contribution in [2.24, 2.45) is 5.92 Å². The van der Waals surface area contributed by atoms with E-state index in [2.05, 4.69) is 32.2 Å². The standard InChI is InChI=1S/C16H24ClNO/c1-11(2)18-10-13-5-4-8-19-16(13)15-7-6-14(17)9-12(15)3/h6-7,9,11,13,16,18H,4-5,8,10H2,1-3H3. The molecule has 106 valence electrons. The Labute approximate surface area is 121 Å². The molecule has 2 unspecified atom stereocenters. The maximum atomic E-state index is 6.05. The molecule has 2 nitrogen and oxygen atoms in total. The maximum Gasteiger partial charge on any atom is 0.0867 e. The largest absolute Gasteiger partial charge is 0.373 e. The Morgan fingerprint density at radius 3 is 2.89 bits per heavy atom. The third-order valence-corrected chi connectivity index (χ3v) is 4.01. The number of nitrogens with one attached hydrogen (secondary N) is 1. The lowest BCUT2D eigenvalue weighted by atomic mass is 9.87. The van der Waals surface area contributed by atoms with E-state index in [1.54, 1.807) is 0 Å². The van der Waals surface area contributed by atoms with Crippen molar-refractivity contribution in [1.29, 1.82) is 0 Å². The zero-order valence-corrected chi connectivity index (χ0v) is 12.8. The van der Waals surface area contributed by atoms with Gasteiger partial charge in [0.15, 0.2) is 0 Å². The van der Waals surface area contributed by atoms with Gasteiger partial charge >= 0.3 is 0 Å². The smallest absolute Gasteiger partial charge is 0.0867 e. The van der Waals surface area contributed by atoms with Gasteiger partial charge in [0.05, 0.1) is 6.10 Å². The van der Waals surface area contributed by atoms with Crippen molar-refractivity contribution in [2.45, 2.75) is 45.8 Å². The van der Waals surface area contributed by atoms with Crippen LogP contribution in [0.4, 0.5) is 0 Å². The minimum absolute atomic E-state index is 0.206. The highest BCUT2D eigenvalue weighted by molar-refractivity contribution is 6.30. The summed E-state index contributed by atoms with van der Waals surface area (Å²) in [6, 6.07) is 6.64. The number of halogens is 1. The summed E-state index contributed by atoms with van der Waals surface area (Å²) >= 11 is 6.04. The van der Waals surface area contributed by atoms with Gasteiger partial charge in [0.25, 0.3) is 0 Å². The summed E-state index contributed by atoms with van der Waals surface area (Å²) in [5, 5.41) is 4.34. The fraction of sp³-hybridized carbons (Fsp3) is 0.625. The van der Waals surface area contributed by atoms with Crippen molar-refractivity contribution in [1.82, 2.24) is 5.32 Å². The lowest BCUT2D eigenvalue weighted by Gasteiger charge is -2.33. The number of hydrogen-bond donors (Lipinski definition) is 1. The van der Waals surface area contributed by atoms with Crippen LogP contribution < -0.4 is 5.32 Å². The van der Waals surface area contributed by atoms with E-state index in [0.717, 1.165) is 24.6 Å². The molecule has 19 heavy (non-hydrogen) atoms. The van der Waals surface area contributed by atoms with Crippen molar-refractivity contribution in [3.63, 3.8) is 0 Å². The highest BCUT2D eigenvalue weighted by Gasteiger charge is 2.28. The first kappa shape index (κ1) is 14.8. The summed E-state index contributed by atoms with van der Waals surface area (Å²) in [7, 11) is 0. The van der Waals surface area contributed by atoms with Gasteiger partial charge in [-0.05, 0) is 43.0 Å². The number of ether oxygens (including phenoxy) is 1. The summed E-state index contributed by atoms with van der Waals surface area (Å²) in [6.45, 7) is 8.37. The Morgan fingerprint density at radius 2 is 2.21 bits per heavy atom. The van der Waals surface area contributed by atoms with Crippen LogP contribution in [0.5, 0.6) is 0 Å². The molecular weight excluding hydrogens is 258 g/mol. The maximum absolute atomic E-state index is 6.05. The second-order valence-corrected chi connectivity index (χ2v) is 6.19. The molecule has 0 spiro atoms. The molecule has 2 rings (SSSR count). The molecule has 1 saturated heterocycles. The van der Waals surface area contributed by atoms with Crippen LogP contribution in [0.1, 0.15) is 43.9 Å². The lowest BCUT2D eigenvalue weighted by Crippen LogP contribution is -2.35. The van der Waals surface area contributed by atoms with Crippen molar-refractivity contribution in [3.05, 3.63) is 34.3 Å². The monoisotopic (exact) mass is 281 g/mol. The first-order chi connectivity index (χ1) is 9.08. The van der Waals surface area contributed by atoms with E-state index >= 15 is 0 Å². The summed E-state index contributed by atoms with van der Waals surface area (Å²) in [4.78, 5) is 0. The Morgan fingerprint density at radius 1 is 1.42 bits per heavy atom. The lowest BCUT2D eigenvalue weighted by molar-refractivity contribution is -0.0285. The van der Waals surface area contributed by atoms with Crippen LogP contribution in [0, 0.1) is 12.8 Å². The Balaban J connectivity index is 2.14. The van der Waals surface area contributed by atoms with Gasteiger partial charge in [-0.2, -0.15) is 0 Å².